The lowest BCUT2D eigenvalue weighted by Crippen LogP contribution is -2.47. The molecule has 328 valence electrons. The Bertz CT molecular complexity index is 1950. The van der Waals surface area contributed by atoms with Gasteiger partial charge < -0.3 is 29.9 Å². The molecule has 2 aromatic heterocycles. The summed E-state index contributed by atoms with van der Waals surface area (Å²) in [6, 6.07) is 10.9. The van der Waals surface area contributed by atoms with Crippen LogP contribution in [-0.4, -0.2) is 135 Å². The van der Waals surface area contributed by atoms with Crippen LogP contribution in [0.4, 0.5) is 14.7 Å². The second-order valence-corrected chi connectivity index (χ2v) is 18.0. The maximum Gasteiger partial charge on any atom is 0.254 e. The van der Waals surface area contributed by atoms with Gasteiger partial charge in [-0.3, -0.25) is 14.5 Å². The highest BCUT2D eigenvalue weighted by atomic mass is 19.3. The van der Waals surface area contributed by atoms with E-state index in [4.69, 9.17) is 11.5 Å². The lowest BCUT2D eigenvalue weighted by atomic mass is 9.86. The van der Waals surface area contributed by atoms with Crippen molar-refractivity contribution in [2.75, 3.05) is 70.3 Å². The van der Waals surface area contributed by atoms with Crippen LogP contribution < -0.4 is 15.5 Å². The third-order valence-electron chi connectivity index (χ3n) is 14.0. The van der Waals surface area contributed by atoms with Crippen molar-refractivity contribution in [3.63, 3.8) is 0 Å². The van der Waals surface area contributed by atoms with Crippen molar-refractivity contribution in [2.45, 2.75) is 120 Å². The largest absolute Gasteiger partial charge is 0.352 e. The van der Waals surface area contributed by atoms with Crippen LogP contribution in [0, 0.1) is 25.2 Å². The number of benzene rings is 1. The van der Waals surface area contributed by atoms with E-state index in [1.807, 2.05) is 37.3 Å². The monoisotopic (exact) mass is 840 g/mol. The fourth-order valence-corrected chi connectivity index (χ4v) is 10.5. The SMILES string of the molecule is C#CCCCCN1CCN(CCCNC(=O)c2cnc(N3CC(c4nnc(C)n4C4CC5CCC4N5CCC(NC(=O)C4CCC(F)(F)CC4)c4ccccc4)C3)nc2)CC1. The van der Waals surface area contributed by atoms with Crippen LogP contribution in [0.5, 0.6) is 0 Å². The Labute approximate surface area is 359 Å². The molecular weight excluding hydrogens is 777 g/mol. The van der Waals surface area contributed by atoms with Crippen LogP contribution >= 0.6 is 0 Å². The van der Waals surface area contributed by atoms with Crippen LogP contribution in [0.3, 0.4) is 0 Å². The minimum Gasteiger partial charge on any atom is -0.352 e. The number of amides is 2. The molecule has 2 amide bonds. The van der Waals surface area contributed by atoms with Crippen molar-refractivity contribution in [1.29, 1.82) is 0 Å². The maximum atomic E-state index is 13.9. The predicted octanol–water partition coefficient (Wildman–Crippen LogP) is 5.37. The number of nitrogens with one attached hydrogen (secondary N) is 2. The summed E-state index contributed by atoms with van der Waals surface area (Å²) in [5, 5.41) is 15.6. The molecule has 2 N–H and O–H groups in total. The quantitative estimate of drug-likeness (QED) is 0.128. The molecule has 2 bridgehead atoms. The molecule has 3 aromatic rings. The summed E-state index contributed by atoms with van der Waals surface area (Å²) in [6.45, 7) is 11.3. The molecular formula is C46H63F2N11O2. The van der Waals surface area contributed by atoms with Gasteiger partial charge in [0.2, 0.25) is 17.8 Å². The number of carbonyl (C=O) groups is 2. The second kappa shape index (κ2) is 19.7. The molecule has 13 nitrogen and oxygen atoms in total. The summed E-state index contributed by atoms with van der Waals surface area (Å²) in [7, 11) is 0. The van der Waals surface area contributed by atoms with Crippen molar-refractivity contribution in [3.05, 3.63) is 65.5 Å². The minimum atomic E-state index is -2.66. The lowest BCUT2D eigenvalue weighted by molar-refractivity contribution is -0.130. The van der Waals surface area contributed by atoms with Crippen molar-refractivity contribution in [1.82, 2.24) is 50.1 Å². The molecule has 4 unspecified atom stereocenters. The summed E-state index contributed by atoms with van der Waals surface area (Å²) in [4.78, 5) is 45.1. The lowest BCUT2D eigenvalue weighted by Gasteiger charge is -2.39. The molecule has 0 spiro atoms. The van der Waals surface area contributed by atoms with Crippen LogP contribution in [-0.2, 0) is 4.79 Å². The summed E-state index contributed by atoms with van der Waals surface area (Å²) in [5.74, 6) is 2.17. The van der Waals surface area contributed by atoms with Crippen LogP contribution in [0.1, 0.15) is 123 Å². The van der Waals surface area contributed by atoms with Crippen molar-refractivity contribution < 1.29 is 18.4 Å². The number of hydrogen-bond donors (Lipinski definition) is 2. The Morgan fingerprint density at radius 1 is 0.902 bits per heavy atom. The number of unbranched alkanes of at least 4 members (excludes halogenated alkanes) is 2. The van der Waals surface area contributed by atoms with Gasteiger partial charge in [-0.15, -0.1) is 22.5 Å². The summed E-state index contributed by atoms with van der Waals surface area (Å²) in [6.07, 6.45) is 16.7. The smallest absolute Gasteiger partial charge is 0.254 e. The van der Waals surface area contributed by atoms with E-state index in [2.05, 4.69) is 55.8 Å². The zero-order valence-corrected chi connectivity index (χ0v) is 35.7. The predicted molar refractivity (Wildman–Crippen MR) is 230 cm³/mol. The Kier molecular flexibility index (Phi) is 13.9. The zero-order chi connectivity index (χ0) is 42.3. The van der Waals surface area contributed by atoms with Crippen LogP contribution in [0.15, 0.2) is 42.7 Å². The van der Waals surface area contributed by atoms with Gasteiger partial charge in [0.25, 0.3) is 5.91 Å². The van der Waals surface area contributed by atoms with Gasteiger partial charge in [-0.25, -0.2) is 18.7 Å². The Morgan fingerprint density at radius 2 is 1.61 bits per heavy atom. The molecule has 4 atom stereocenters. The summed E-state index contributed by atoms with van der Waals surface area (Å²) >= 11 is 0. The molecule has 6 heterocycles. The van der Waals surface area contributed by atoms with E-state index >= 15 is 0 Å². The standard InChI is InChI=1S/C46H63F2N11O2/c1-3-4-5-9-21-55-24-26-56(27-25-55)22-10-20-49-43(60)36-29-50-45(51-30-36)57-31-37(32-57)42-54-53-33(2)59(42)41-28-38-13-14-40(41)58(38)23-17-39(34-11-7-6-8-12-34)52-44(61)35-15-18-46(47,48)19-16-35/h1,6-8,11-12,29-30,35,37-41H,4-5,9-10,13-28,31-32H2,2H3,(H,49,60)(H,52,61). The first-order valence-electron chi connectivity index (χ1n) is 22.8. The highest BCUT2D eigenvalue weighted by molar-refractivity contribution is 5.93. The number of carbonyl (C=O) groups excluding carboxylic acids is 2. The average Bonchev–Trinajstić information content (AvgIpc) is 3.94. The summed E-state index contributed by atoms with van der Waals surface area (Å²) in [5.41, 5.74) is 1.51. The van der Waals surface area contributed by atoms with Crippen molar-refractivity contribution >= 4 is 17.8 Å². The number of nitrogens with zero attached hydrogens (tertiary/aromatic N) is 9. The number of fused-ring (bicyclic) bond motifs is 2. The molecule has 0 radical (unpaired) electrons. The first-order chi connectivity index (χ1) is 29.7. The zero-order valence-electron chi connectivity index (χ0n) is 35.7. The van der Waals surface area contributed by atoms with Gasteiger partial charge >= 0.3 is 0 Å². The second-order valence-electron chi connectivity index (χ2n) is 18.0. The van der Waals surface area contributed by atoms with E-state index in [1.165, 1.54) is 0 Å². The number of aryl methyl sites for hydroxylation is 1. The van der Waals surface area contributed by atoms with E-state index in [1.54, 1.807) is 12.4 Å². The topological polar surface area (TPSA) is 128 Å². The van der Waals surface area contributed by atoms with Crippen LogP contribution in [0.25, 0.3) is 0 Å². The number of halogens is 2. The van der Waals surface area contributed by atoms with Gasteiger partial charge in [0.05, 0.1) is 23.6 Å². The van der Waals surface area contributed by atoms with Gasteiger partial charge in [-0.1, -0.05) is 30.3 Å². The van der Waals surface area contributed by atoms with E-state index in [0.717, 1.165) is 127 Å². The van der Waals surface area contributed by atoms with Gasteiger partial charge in [0.15, 0.2) is 0 Å². The molecule has 4 saturated heterocycles. The molecule has 5 fully saturated rings. The van der Waals surface area contributed by atoms with Crippen molar-refractivity contribution in [3.8, 4) is 12.3 Å². The fraction of sp³-hybridized carbons (Fsp3) is 0.652. The molecule has 1 aromatic carbocycles. The number of terminal acetylenes is 1. The minimum absolute atomic E-state index is 0.108. The molecule has 1 saturated carbocycles. The summed E-state index contributed by atoms with van der Waals surface area (Å²) < 4.78 is 30.1. The number of aromatic nitrogens is 5. The molecule has 15 heteroatoms. The number of hydrogen-bond acceptors (Lipinski definition) is 10. The highest BCUT2D eigenvalue weighted by Crippen LogP contribution is 2.46. The number of alkyl halides is 2. The third-order valence-corrected chi connectivity index (χ3v) is 14.0. The van der Waals surface area contributed by atoms with Gasteiger partial charge in [-0.05, 0) is 83.4 Å². The van der Waals surface area contributed by atoms with Gasteiger partial charge in [0, 0.05) is 102 Å². The molecule has 5 aliphatic rings. The molecule has 8 rings (SSSR count). The van der Waals surface area contributed by atoms with Crippen LogP contribution in [0.2, 0.25) is 0 Å². The highest BCUT2D eigenvalue weighted by Gasteiger charge is 2.49. The maximum absolute atomic E-state index is 13.9. The van der Waals surface area contributed by atoms with E-state index < -0.39 is 5.92 Å². The third kappa shape index (κ3) is 10.4. The number of anilines is 1. The first kappa shape index (κ1) is 43.1. The molecule has 4 aliphatic heterocycles. The average molecular weight is 840 g/mol. The van der Waals surface area contributed by atoms with E-state index in [0.29, 0.717) is 30.1 Å². The Balaban J connectivity index is 0.796. The number of piperazine rings is 1. The van der Waals surface area contributed by atoms with E-state index in [-0.39, 0.29) is 61.4 Å². The normalized spacial score (nSPS) is 24.0. The first-order valence-corrected chi connectivity index (χ1v) is 22.8. The fourth-order valence-electron chi connectivity index (χ4n) is 10.5. The Morgan fingerprint density at radius 3 is 2.31 bits per heavy atom. The molecule has 61 heavy (non-hydrogen) atoms. The van der Waals surface area contributed by atoms with Crippen molar-refractivity contribution in [2.24, 2.45) is 5.92 Å². The van der Waals surface area contributed by atoms with Gasteiger partial charge in [-0.2, -0.15) is 0 Å². The Hall–Kier alpha value is -4.52. The van der Waals surface area contributed by atoms with E-state index in [9.17, 15) is 18.4 Å². The number of rotatable bonds is 18. The molecule has 1 aliphatic carbocycles. The van der Waals surface area contributed by atoms with Gasteiger partial charge in [0.1, 0.15) is 11.6 Å².